The van der Waals surface area contributed by atoms with Gasteiger partial charge in [0.2, 0.25) is 0 Å². The molecule has 2 heterocycles. The Morgan fingerprint density at radius 1 is 1.11 bits per heavy atom. The molecule has 0 unspecified atom stereocenters. The lowest BCUT2D eigenvalue weighted by molar-refractivity contribution is 0.572. The summed E-state index contributed by atoms with van der Waals surface area (Å²) in [5.41, 5.74) is 1.01. The number of fused-ring (bicyclic) bond motifs is 1. The molecule has 0 saturated carbocycles. The van der Waals surface area contributed by atoms with Crippen molar-refractivity contribution in [3.05, 3.63) is 86.6 Å². The molecule has 0 aliphatic rings. The fourth-order valence-corrected chi connectivity index (χ4v) is 3.17. The zero-order valence-corrected chi connectivity index (χ0v) is 15.8. The van der Waals surface area contributed by atoms with Gasteiger partial charge in [-0.2, -0.15) is 5.26 Å². The number of halogens is 2. The van der Waals surface area contributed by atoms with Crippen LogP contribution in [0, 0.1) is 11.3 Å². The minimum Gasteiger partial charge on any atom is -0.457 e. The average Bonchev–Trinajstić information content (AvgIpc) is 3.16. The molecule has 4 rings (SSSR count). The van der Waals surface area contributed by atoms with Crippen molar-refractivity contribution in [3.63, 3.8) is 0 Å². The third-order valence-corrected chi connectivity index (χ3v) is 4.94. The molecule has 0 aliphatic heterocycles. The van der Waals surface area contributed by atoms with Crippen LogP contribution in [-0.4, -0.2) is 9.97 Å². The number of aromatic nitrogens is 2. The first-order valence-electron chi connectivity index (χ1n) is 8.22. The Hall–Kier alpha value is -3.33. The Kier molecular flexibility index (Phi) is 4.74. The third kappa shape index (κ3) is 3.31. The highest BCUT2D eigenvalue weighted by Crippen LogP contribution is 2.34. The van der Waals surface area contributed by atoms with Crippen LogP contribution in [-0.2, 0) is 0 Å². The number of furan rings is 1. The molecular weight excluding hydrogens is 397 g/mol. The third-order valence-electron chi connectivity index (χ3n) is 4.12. The first-order valence-corrected chi connectivity index (χ1v) is 8.98. The maximum Gasteiger partial charge on any atom is 0.259 e. The van der Waals surface area contributed by atoms with Crippen molar-refractivity contribution in [2.24, 2.45) is 0 Å². The number of H-pyrrole nitrogens is 1. The Bertz CT molecular complexity index is 1330. The maximum atomic E-state index is 12.2. The topological polar surface area (TPSA) is 82.7 Å². The molecule has 0 spiro atoms. The number of hydrogen-bond acceptors (Lipinski definition) is 4. The van der Waals surface area contributed by atoms with Crippen LogP contribution in [0.25, 0.3) is 33.9 Å². The van der Waals surface area contributed by atoms with E-state index >= 15 is 0 Å². The molecule has 28 heavy (non-hydrogen) atoms. The highest BCUT2D eigenvalue weighted by Gasteiger charge is 2.12. The zero-order valence-electron chi connectivity index (χ0n) is 14.2. The summed E-state index contributed by atoms with van der Waals surface area (Å²) in [5.74, 6) is 1.10. The summed E-state index contributed by atoms with van der Waals surface area (Å²) in [6, 6.07) is 17.6. The summed E-state index contributed by atoms with van der Waals surface area (Å²) >= 11 is 12.3. The number of benzene rings is 2. The lowest BCUT2D eigenvalue weighted by atomic mass is 10.2. The van der Waals surface area contributed by atoms with E-state index in [9.17, 15) is 10.1 Å². The molecule has 2 aromatic heterocycles. The van der Waals surface area contributed by atoms with Gasteiger partial charge >= 0.3 is 0 Å². The predicted molar refractivity (Wildman–Crippen MR) is 110 cm³/mol. The van der Waals surface area contributed by atoms with Gasteiger partial charge < -0.3 is 9.40 Å². The number of nitriles is 1. The van der Waals surface area contributed by atoms with Crippen molar-refractivity contribution in [2.45, 2.75) is 0 Å². The second kappa shape index (κ2) is 7.35. The van der Waals surface area contributed by atoms with E-state index in [0.29, 0.717) is 38.0 Å². The molecule has 0 aliphatic carbocycles. The van der Waals surface area contributed by atoms with Crippen LogP contribution in [0.1, 0.15) is 11.6 Å². The lowest BCUT2D eigenvalue weighted by Crippen LogP contribution is -2.11. The molecule has 1 N–H and O–H groups in total. The number of aromatic amines is 1. The number of hydrogen-bond donors (Lipinski definition) is 1. The van der Waals surface area contributed by atoms with E-state index in [2.05, 4.69) is 9.97 Å². The van der Waals surface area contributed by atoms with Gasteiger partial charge in [-0.25, -0.2) is 4.98 Å². The maximum absolute atomic E-state index is 12.2. The Morgan fingerprint density at radius 3 is 2.75 bits per heavy atom. The number of para-hydroxylation sites is 1. The van der Waals surface area contributed by atoms with Crippen LogP contribution in [0.5, 0.6) is 0 Å². The van der Waals surface area contributed by atoms with Crippen molar-refractivity contribution in [1.82, 2.24) is 9.97 Å². The fraction of sp³-hybridized carbons (Fsp3) is 0. The van der Waals surface area contributed by atoms with E-state index in [-0.39, 0.29) is 17.0 Å². The van der Waals surface area contributed by atoms with Crippen LogP contribution in [0.3, 0.4) is 0 Å². The number of rotatable bonds is 3. The molecule has 136 valence electrons. The summed E-state index contributed by atoms with van der Waals surface area (Å²) in [6.45, 7) is 0. The molecule has 4 aromatic rings. The molecule has 7 heteroatoms. The Labute approximate surface area is 169 Å². The average molecular weight is 408 g/mol. The summed E-state index contributed by atoms with van der Waals surface area (Å²) in [4.78, 5) is 19.3. The molecule has 0 fully saturated rings. The van der Waals surface area contributed by atoms with Crippen molar-refractivity contribution in [1.29, 1.82) is 5.26 Å². The molecule has 0 bridgehead atoms. The van der Waals surface area contributed by atoms with Gasteiger partial charge in [0.1, 0.15) is 17.6 Å². The van der Waals surface area contributed by atoms with Gasteiger partial charge in [-0.15, -0.1) is 0 Å². The Morgan fingerprint density at radius 2 is 1.93 bits per heavy atom. The molecule has 2 aromatic carbocycles. The van der Waals surface area contributed by atoms with Gasteiger partial charge in [0.15, 0.2) is 5.82 Å². The summed E-state index contributed by atoms with van der Waals surface area (Å²) < 4.78 is 5.79. The fourth-order valence-electron chi connectivity index (χ4n) is 2.78. The van der Waals surface area contributed by atoms with Gasteiger partial charge in [0.25, 0.3) is 5.56 Å². The van der Waals surface area contributed by atoms with Crippen molar-refractivity contribution in [3.8, 4) is 17.4 Å². The van der Waals surface area contributed by atoms with Crippen molar-refractivity contribution < 1.29 is 4.42 Å². The van der Waals surface area contributed by atoms with E-state index in [4.69, 9.17) is 27.6 Å². The highest BCUT2D eigenvalue weighted by molar-refractivity contribution is 6.43. The van der Waals surface area contributed by atoms with Gasteiger partial charge in [0, 0.05) is 11.6 Å². The van der Waals surface area contributed by atoms with Gasteiger partial charge in [0.05, 0.1) is 26.5 Å². The minimum absolute atomic E-state index is 0.168. The predicted octanol–water partition coefficient (Wildman–Crippen LogP) is 5.55. The second-order valence-electron chi connectivity index (χ2n) is 5.90. The lowest BCUT2D eigenvalue weighted by Gasteiger charge is -2.02. The monoisotopic (exact) mass is 407 g/mol. The molecule has 0 saturated heterocycles. The van der Waals surface area contributed by atoms with E-state index in [1.54, 1.807) is 54.6 Å². The van der Waals surface area contributed by atoms with E-state index in [1.165, 1.54) is 6.08 Å². The van der Waals surface area contributed by atoms with Crippen LogP contribution in [0.2, 0.25) is 10.0 Å². The molecule has 0 amide bonds. The molecule has 5 nitrogen and oxygen atoms in total. The number of allylic oxidation sites excluding steroid dienone is 1. The number of nitrogens with one attached hydrogen (secondary N) is 1. The minimum atomic E-state index is -0.312. The van der Waals surface area contributed by atoms with Crippen LogP contribution in [0.15, 0.2) is 63.8 Å². The normalized spacial score (nSPS) is 11.5. The van der Waals surface area contributed by atoms with E-state index in [1.807, 2.05) is 6.07 Å². The number of nitrogens with zero attached hydrogens (tertiary/aromatic N) is 2. The first kappa shape index (κ1) is 18.1. The molecule has 0 atom stereocenters. The van der Waals surface area contributed by atoms with Crippen LogP contribution in [0.4, 0.5) is 0 Å². The smallest absolute Gasteiger partial charge is 0.259 e. The zero-order chi connectivity index (χ0) is 19.7. The van der Waals surface area contributed by atoms with Crippen molar-refractivity contribution >= 4 is 45.8 Å². The first-order chi connectivity index (χ1) is 13.6. The standard InChI is InChI=1S/C21H11Cl2N3O2/c22-16-6-3-5-15(19(16)23)18-9-8-13(28-18)10-12(11-24)20-25-17-7-2-1-4-14(17)21(27)26-20/h1-10H,(H,25,26,27)/b12-10+. The quantitative estimate of drug-likeness (QED) is 0.451. The summed E-state index contributed by atoms with van der Waals surface area (Å²) in [5, 5.41) is 10.8. The molecular formula is C21H11Cl2N3O2. The van der Waals surface area contributed by atoms with E-state index < -0.39 is 0 Å². The van der Waals surface area contributed by atoms with Gasteiger partial charge in [-0.1, -0.05) is 41.4 Å². The highest BCUT2D eigenvalue weighted by atomic mass is 35.5. The summed E-state index contributed by atoms with van der Waals surface area (Å²) in [6.07, 6.45) is 1.51. The van der Waals surface area contributed by atoms with Crippen LogP contribution >= 0.6 is 23.2 Å². The van der Waals surface area contributed by atoms with Crippen molar-refractivity contribution in [2.75, 3.05) is 0 Å². The summed E-state index contributed by atoms with van der Waals surface area (Å²) in [7, 11) is 0. The largest absolute Gasteiger partial charge is 0.457 e. The van der Waals surface area contributed by atoms with Gasteiger partial charge in [-0.3, -0.25) is 4.79 Å². The molecule has 0 radical (unpaired) electrons. The second-order valence-corrected chi connectivity index (χ2v) is 6.69. The Balaban J connectivity index is 1.76. The van der Waals surface area contributed by atoms with Gasteiger partial charge in [-0.05, 0) is 36.4 Å². The SMILES string of the molecule is N#C/C(=C\c1ccc(-c2cccc(Cl)c2Cl)o1)c1nc2ccccc2c(=O)[nH]1. The van der Waals surface area contributed by atoms with Crippen LogP contribution < -0.4 is 5.56 Å². The van der Waals surface area contributed by atoms with E-state index in [0.717, 1.165) is 0 Å².